The maximum atomic E-state index is 11.4. The zero-order valence-electron chi connectivity index (χ0n) is 11.2. The molecule has 1 N–H and O–H groups in total. The topological polar surface area (TPSA) is 37.3 Å². The van der Waals surface area contributed by atoms with E-state index in [9.17, 15) is 9.90 Å². The predicted octanol–water partition coefficient (Wildman–Crippen LogP) is 2.77. The van der Waals surface area contributed by atoms with Gasteiger partial charge in [0.15, 0.2) is 0 Å². The average molecular weight is 333 g/mol. The summed E-state index contributed by atoms with van der Waals surface area (Å²) in [4.78, 5) is 11.4. The molecule has 2 nitrogen and oxygen atoms in total. The third kappa shape index (κ3) is 4.84. The first kappa shape index (κ1) is 14.8. The van der Waals surface area contributed by atoms with Gasteiger partial charge in [0, 0.05) is 0 Å². The van der Waals surface area contributed by atoms with Crippen molar-refractivity contribution in [1.82, 2.24) is 0 Å². The molecular formula is C17H18O2Se. The molecule has 2 rings (SSSR count). The molecule has 1 atom stereocenters. The Labute approximate surface area is 126 Å². The second kappa shape index (κ2) is 7.88. The number of carboxylic acid groups (broad SMARTS) is 1. The first-order valence-electron chi connectivity index (χ1n) is 6.70. The van der Waals surface area contributed by atoms with Gasteiger partial charge in [-0.25, -0.2) is 0 Å². The molecule has 0 aliphatic heterocycles. The van der Waals surface area contributed by atoms with E-state index in [4.69, 9.17) is 0 Å². The van der Waals surface area contributed by atoms with E-state index in [0.717, 1.165) is 17.3 Å². The van der Waals surface area contributed by atoms with Crippen molar-refractivity contribution in [3.8, 4) is 0 Å². The second-order valence-corrected chi connectivity index (χ2v) is 7.13. The van der Waals surface area contributed by atoms with Crippen molar-refractivity contribution in [2.45, 2.75) is 18.2 Å². The molecule has 0 aromatic heterocycles. The molecule has 0 bridgehead atoms. The van der Waals surface area contributed by atoms with Crippen molar-refractivity contribution in [2.24, 2.45) is 5.92 Å². The third-order valence-electron chi connectivity index (χ3n) is 3.15. The van der Waals surface area contributed by atoms with E-state index in [1.165, 1.54) is 4.46 Å². The molecule has 104 valence electrons. The van der Waals surface area contributed by atoms with Gasteiger partial charge in [-0.2, -0.15) is 0 Å². The van der Waals surface area contributed by atoms with E-state index in [0.29, 0.717) is 21.4 Å². The van der Waals surface area contributed by atoms with Gasteiger partial charge in [-0.15, -0.1) is 0 Å². The predicted molar refractivity (Wildman–Crippen MR) is 82.5 cm³/mol. The summed E-state index contributed by atoms with van der Waals surface area (Å²) in [6.45, 7) is 0. The number of carbonyl (C=O) groups is 1. The van der Waals surface area contributed by atoms with Crippen molar-refractivity contribution < 1.29 is 9.90 Å². The normalized spacial score (nSPS) is 12.0. The third-order valence-corrected chi connectivity index (χ3v) is 5.35. The van der Waals surface area contributed by atoms with Crippen LogP contribution in [0.4, 0.5) is 0 Å². The van der Waals surface area contributed by atoms with Crippen LogP contribution in [-0.2, 0) is 11.2 Å². The van der Waals surface area contributed by atoms with Gasteiger partial charge in [0.25, 0.3) is 0 Å². The van der Waals surface area contributed by atoms with Crippen LogP contribution in [-0.4, -0.2) is 26.0 Å². The fraction of sp³-hybridized carbons (Fsp3) is 0.235. The van der Waals surface area contributed by atoms with Crippen LogP contribution in [0.25, 0.3) is 0 Å². The van der Waals surface area contributed by atoms with E-state index in [2.05, 4.69) is 12.1 Å². The number of carboxylic acids is 1. The Morgan fingerprint density at radius 3 is 2.20 bits per heavy atom. The fourth-order valence-electron chi connectivity index (χ4n) is 2.05. The van der Waals surface area contributed by atoms with Gasteiger partial charge in [0.1, 0.15) is 0 Å². The molecule has 0 amide bonds. The molecule has 0 radical (unpaired) electrons. The van der Waals surface area contributed by atoms with E-state index >= 15 is 0 Å². The van der Waals surface area contributed by atoms with E-state index in [1.54, 1.807) is 0 Å². The van der Waals surface area contributed by atoms with Crippen molar-refractivity contribution in [2.75, 3.05) is 0 Å². The molecule has 0 aliphatic rings. The number of benzene rings is 2. The van der Waals surface area contributed by atoms with E-state index in [1.807, 2.05) is 48.5 Å². The Hall–Kier alpha value is -1.57. The van der Waals surface area contributed by atoms with Crippen molar-refractivity contribution in [1.29, 1.82) is 0 Å². The molecule has 0 fully saturated rings. The SMILES string of the molecule is O=C(O)[C@@H](CC[Se]c1ccccc1)Cc1ccccc1. The molecular weight excluding hydrogens is 315 g/mol. The summed E-state index contributed by atoms with van der Waals surface area (Å²) in [5.74, 6) is -0.958. The van der Waals surface area contributed by atoms with Crippen LogP contribution in [0.3, 0.4) is 0 Å². The summed E-state index contributed by atoms with van der Waals surface area (Å²) < 4.78 is 1.34. The molecule has 2 aromatic carbocycles. The Bertz CT molecular complexity index is 525. The molecule has 0 saturated carbocycles. The van der Waals surface area contributed by atoms with E-state index in [-0.39, 0.29) is 5.92 Å². The molecule has 20 heavy (non-hydrogen) atoms. The van der Waals surface area contributed by atoms with Crippen LogP contribution >= 0.6 is 0 Å². The molecule has 0 aliphatic carbocycles. The van der Waals surface area contributed by atoms with Crippen LogP contribution in [0.5, 0.6) is 0 Å². The van der Waals surface area contributed by atoms with Gasteiger partial charge in [0.05, 0.1) is 0 Å². The Kier molecular flexibility index (Phi) is 5.85. The first-order chi connectivity index (χ1) is 9.75. The number of aliphatic carboxylic acids is 1. The van der Waals surface area contributed by atoms with Crippen molar-refractivity contribution >= 4 is 25.4 Å². The summed E-state index contributed by atoms with van der Waals surface area (Å²) in [6, 6.07) is 20.2. The molecule has 0 heterocycles. The van der Waals surface area contributed by atoms with Gasteiger partial charge >= 0.3 is 126 Å². The molecule has 0 unspecified atom stereocenters. The minimum atomic E-state index is -0.683. The number of hydrogen-bond donors (Lipinski definition) is 1. The van der Waals surface area contributed by atoms with Crippen LogP contribution in [0.2, 0.25) is 5.32 Å². The first-order valence-corrected chi connectivity index (χ1v) is 8.77. The molecule has 3 heteroatoms. The molecule has 0 saturated heterocycles. The summed E-state index contributed by atoms with van der Waals surface area (Å²) in [7, 11) is 0. The summed E-state index contributed by atoms with van der Waals surface area (Å²) in [5.41, 5.74) is 1.10. The van der Waals surface area contributed by atoms with Gasteiger partial charge in [-0.3, -0.25) is 0 Å². The zero-order valence-corrected chi connectivity index (χ0v) is 12.9. The van der Waals surface area contributed by atoms with E-state index < -0.39 is 5.97 Å². The number of hydrogen-bond acceptors (Lipinski definition) is 1. The zero-order chi connectivity index (χ0) is 14.2. The standard InChI is InChI=1S/C17H18O2Se/c18-17(19)15(13-14-7-3-1-4-8-14)11-12-20-16-9-5-2-6-10-16/h1-10,15H,11-13H2,(H,18,19)/t15-/m0/s1. The van der Waals surface area contributed by atoms with Crippen LogP contribution < -0.4 is 4.46 Å². The summed E-state index contributed by atoms with van der Waals surface area (Å²) >= 11 is 0.367. The van der Waals surface area contributed by atoms with Gasteiger partial charge in [-0.1, -0.05) is 0 Å². The fourth-order valence-corrected chi connectivity index (χ4v) is 4.12. The summed E-state index contributed by atoms with van der Waals surface area (Å²) in [5, 5.41) is 10.3. The van der Waals surface area contributed by atoms with Gasteiger partial charge in [0.2, 0.25) is 0 Å². The monoisotopic (exact) mass is 334 g/mol. The van der Waals surface area contributed by atoms with Crippen LogP contribution in [0, 0.1) is 5.92 Å². The molecule has 2 aromatic rings. The quantitative estimate of drug-likeness (QED) is 0.791. The Morgan fingerprint density at radius 1 is 1.00 bits per heavy atom. The van der Waals surface area contributed by atoms with Crippen molar-refractivity contribution in [3.63, 3.8) is 0 Å². The Balaban J connectivity index is 1.85. The summed E-state index contributed by atoms with van der Waals surface area (Å²) in [6.07, 6.45) is 1.38. The molecule has 0 spiro atoms. The number of rotatable bonds is 7. The average Bonchev–Trinajstić information content (AvgIpc) is 2.48. The Morgan fingerprint density at radius 2 is 1.60 bits per heavy atom. The van der Waals surface area contributed by atoms with Crippen LogP contribution in [0.1, 0.15) is 12.0 Å². The van der Waals surface area contributed by atoms with Crippen LogP contribution in [0.15, 0.2) is 60.7 Å². The maximum absolute atomic E-state index is 11.4. The van der Waals surface area contributed by atoms with Gasteiger partial charge < -0.3 is 0 Å². The second-order valence-electron chi connectivity index (χ2n) is 4.68. The van der Waals surface area contributed by atoms with Crippen molar-refractivity contribution in [3.05, 3.63) is 66.2 Å². The minimum absolute atomic E-state index is 0.275. The van der Waals surface area contributed by atoms with Gasteiger partial charge in [-0.05, 0) is 0 Å².